The van der Waals surface area contributed by atoms with Crippen LogP contribution in [-0.4, -0.2) is 19.2 Å². The summed E-state index contributed by atoms with van der Waals surface area (Å²) in [5.74, 6) is 2.24. The Kier molecular flexibility index (Phi) is 4.27. The first kappa shape index (κ1) is 13.7. The molecule has 5 heteroatoms. The van der Waals surface area contributed by atoms with Crippen LogP contribution in [0.5, 0.6) is 23.1 Å². The minimum atomic E-state index is 0.519. The number of hydrogen-bond acceptors (Lipinski definition) is 4. The van der Waals surface area contributed by atoms with E-state index in [1.165, 1.54) is 0 Å². The molecule has 1 aromatic heterocycles. The zero-order valence-electron chi connectivity index (χ0n) is 10.9. The maximum atomic E-state index is 5.83. The number of methoxy groups -OCH3 is 2. The number of para-hydroxylation sites is 1. The third-order valence-corrected chi connectivity index (χ3v) is 3.01. The van der Waals surface area contributed by atoms with E-state index in [9.17, 15) is 0 Å². The third kappa shape index (κ3) is 2.98. The van der Waals surface area contributed by atoms with Gasteiger partial charge in [0.15, 0.2) is 11.5 Å². The van der Waals surface area contributed by atoms with Crippen molar-refractivity contribution in [2.24, 2.45) is 0 Å². The van der Waals surface area contributed by atoms with E-state index in [-0.39, 0.29) is 0 Å². The standard InChI is InChI=1S/C14H14BrNO3/c1-9-7-10(15)8-16-14(9)19-13-11(17-2)5-4-6-12(13)18-3/h4-8H,1-3H3. The average Bonchev–Trinajstić information content (AvgIpc) is 2.42. The highest BCUT2D eigenvalue weighted by Crippen LogP contribution is 2.40. The third-order valence-electron chi connectivity index (χ3n) is 2.58. The van der Waals surface area contributed by atoms with Crippen LogP contribution in [0.1, 0.15) is 5.56 Å². The molecule has 4 nitrogen and oxygen atoms in total. The van der Waals surface area contributed by atoms with Gasteiger partial charge in [-0.1, -0.05) is 6.07 Å². The number of aryl methyl sites for hydroxylation is 1. The molecule has 2 aromatic rings. The topological polar surface area (TPSA) is 40.6 Å². The van der Waals surface area contributed by atoms with Crippen molar-refractivity contribution in [1.29, 1.82) is 0 Å². The van der Waals surface area contributed by atoms with Crippen LogP contribution in [0.4, 0.5) is 0 Å². The van der Waals surface area contributed by atoms with Gasteiger partial charge in [0.1, 0.15) is 0 Å². The summed E-state index contributed by atoms with van der Waals surface area (Å²) in [6.45, 7) is 1.93. The lowest BCUT2D eigenvalue weighted by Crippen LogP contribution is -1.97. The Balaban J connectivity index is 2.42. The summed E-state index contributed by atoms with van der Waals surface area (Å²) in [6.07, 6.45) is 1.68. The second-order valence-corrected chi connectivity index (χ2v) is 4.78. The lowest BCUT2D eigenvalue weighted by atomic mass is 10.3. The van der Waals surface area contributed by atoms with E-state index in [1.54, 1.807) is 20.4 Å². The Morgan fingerprint density at radius 3 is 2.26 bits per heavy atom. The van der Waals surface area contributed by atoms with Crippen LogP contribution in [0, 0.1) is 6.92 Å². The van der Waals surface area contributed by atoms with Crippen molar-refractivity contribution in [3.05, 3.63) is 40.5 Å². The number of pyridine rings is 1. The molecule has 100 valence electrons. The highest BCUT2D eigenvalue weighted by atomic mass is 79.9. The van der Waals surface area contributed by atoms with Crippen LogP contribution in [0.2, 0.25) is 0 Å². The van der Waals surface area contributed by atoms with Crippen LogP contribution in [0.15, 0.2) is 34.9 Å². The fourth-order valence-corrected chi connectivity index (χ4v) is 2.09. The maximum Gasteiger partial charge on any atom is 0.222 e. The van der Waals surface area contributed by atoms with Crippen LogP contribution in [0.25, 0.3) is 0 Å². The van der Waals surface area contributed by atoms with Gasteiger partial charge in [-0.25, -0.2) is 4.98 Å². The van der Waals surface area contributed by atoms with E-state index in [1.807, 2.05) is 31.2 Å². The summed E-state index contributed by atoms with van der Waals surface area (Å²) >= 11 is 3.37. The van der Waals surface area contributed by atoms with Crippen molar-refractivity contribution in [3.8, 4) is 23.1 Å². The molecule has 0 saturated carbocycles. The van der Waals surface area contributed by atoms with Gasteiger partial charge in [-0.2, -0.15) is 0 Å². The smallest absolute Gasteiger partial charge is 0.222 e. The van der Waals surface area contributed by atoms with E-state index in [0.717, 1.165) is 10.0 Å². The van der Waals surface area contributed by atoms with Crippen LogP contribution >= 0.6 is 15.9 Å². The van der Waals surface area contributed by atoms with Crippen LogP contribution in [-0.2, 0) is 0 Å². The van der Waals surface area contributed by atoms with Crippen LogP contribution in [0.3, 0.4) is 0 Å². The molecule has 19 heavy (non-hydrogen) atoms. The molecule has 0 spiro atoms. The first-order valence-corrected chi connectivity index (χ1v) is 6.46. The lowest BCUT2D eigenvalue weighted by molar-refractivity contribution is 0.341. The van der Waals surface area contributed by atoms with Crippen molar-refractivity contribution in [2.75, 3.05) is 14.2 Å². The van der Waals surface area contributed by atoms with E-state index < -0.39 is 0 Å². The number of halogens is 1. The van der Waals surface area contributed by atoms with Crippen molar-refractivity contribution < 1.29 is 14.2 Å². The van der Waals surface area contributed by atoms with Gasteiger partial charge in [0.25, 0.3) is 0 Å². The average molecular weight is 324 g/mol. The molecule has 0 aliphatic rings. The largest absolute Gasteiger partial charge is 0.493 e. The number of aromatic nitrogens is 1. The number of rotatable bonds is 4. The van der Waals surface area contributed by atoms with Crippen molar-refractivity contribution in [1.82, 2.24) is 4.98 Å². The quantitative estimate of drug-likeness (QED) is 0.853. The molecule has 0 radical (unpaired) electrons. The normalized spacial score (nSPS) is 10.1. The second kappa shape index (κ2) is 5.93. The summed E-state index contributed by atoms with van der Waals surface area (Å²) in [6, 6.07) is 7.40. The Morgan fingerprint density at radius 1 is 1.11 bits per heavy atom. The molecule has 0 unspecified atom stereocenters. The molecule has 1 aromatic carbocycles. The van der Waals surface area contributed by atoms with Crippen molar-refractivity contribution in [3.63, 3.8) is 0 Å². The molecule has 0 bridgehead atoms. The molecule has 0 N–H and O–H groups in total. The molecular formula is C14H14BrNO3. The van der Waals surface area contributed by atoms with Gasteiger partial charge < -0.3 is 14.2 Å². The Morgan fingerprint density at radius 2 is 1.74 bits per heavy atom. The molecule has 0 aliphatic heterocycles. The fraction of sp³-hybridized carbons (Fsp3) is 0.214. The number of ether oxygens (including phenoxy) is 3. The fourth-order valence-electron chi connectivity index (χ4n) is 1.65. The summed E-state index contributed by atoms with van der Waals surface area (Å²) in [5.41, 5.74) is 0.919. The van der Waals surface area contributed by atoms with Gasteiger partial charge >= 0.3 is 0 Å². The Hall–Kier alpha value is -1.75. The monoisotopic (exact) mass is 323 g/mol. The highest BCUT2D eigenvalue weighted by Gasteiger charge is 2.14. The van der Waals surface area contributed by atoms with Gasteiger partial charge in [-0.05, 0) is 41.1 Å². The minimum absolute atomic E-state index is 0.519. The summed E-state index contributed by atoms with van der Waals surface area (Å²) < 4.78 is 17.3. The first-order chi connectivity index (χ1) is 9.15. The summed E-state index contributed by atoms with van der Waals surface area (Å²) in [5, 5.41) is 0. The van der Waals surface area contributed by atoms with Gasteiger partial charge in [0.2, 0.25) is 11.6 Å². The predicted molar refractivity (Wildman–Crippen MR) is 76.3 cm³/mol. The molecular weight excluding hydrogens is 310 g/mol. The number of benzene rings is 1. The van der Waals surface area contributed by atoms with E-state index in [2.05, 4.69) is 20.9 Å². The Bertz CT molecular complexity index is 565. The number of hydrogen-bond donors (Lipinski definition) is 0. The Labute approximate surface area is 120 Å². The maximum absolute atomic E-state index is 5.83. The van der Waals surface area contributed by atoms with Crippen LogP contribution < -0.4 is 14.2 Å². The summed E-state index contributed by atoms with van der Waals surface area (Å²) in [4.78, 5) is 4.24. The van der Waals surface area contributed by atoms with Gasteiger partial charge in [0.05, 0.1) is 14.2 Å². The molecule has 0 atom stereocenters. The highest BCUT2D eigenvalue weighted by molar-refractivity contribution is 9.10. The molecule has 0 aliphatic carbocycles. The molecule has 0 saturated heterocycles. The predicted octanol–water partition coefficient (Wildman–Crippen LogP) is 3.96. The van der Waals surface area contributed by atoms with Gasteiger partial charge in [-0.3, -0.25) is 0 Å². The van der Waals surface area contributed by atoms with Gasteiger partial charge in [0, 0.05) is 16.2 Å². The SMILES string of the molecule is COc1cccc(OC)c1Oc1ncc(Br)cc1C. The van der Waals surface area contributed by atoms with E-state index in [4.69, 9.17) is 14.2 Å². The minimum Gasteiger partial charge on any atom is -0.493 e. The molecule has 0 amide bonds. The number of nitrogens with zero attached hydrogens (tertiary/aromatic N) is 1. The van der Waals surface area contributed by atoms with E-state index in [0.29, 0.717) is 23.1 Å². The summed E-state index contributed by atoms with van der Waals surface area (Å²) in [7, 11) is 3.17. The second-order valence-electron chi connectivity index (χ2n) is 3.87. The molecule has 1 heterocycles. The molecule has 2 rings (SSSR count). The van der Waals surface area contributed by atoms with Crippen molar-refractivity contribution in [2.45, 2.75) is 6.92 Å². The molecule has 0 fully saturated rings. The van der Waals surface area contributed by atoms with E-state index >= 15 is 0 Å². The zero-order valence-corrected chi connectivity index (χ0v) is 12.5. The zero-order chi connectivity index (χ0) is 13.8. The first-order valence-electron chi connectivity index (χ1n) is 5.66. The van der Waals surface area contributed by atoms with Gasteiger partial charge in [-0.15, -0.1) is 0 Å². The van der Waals surface area contributed by atoms with Crippen molar-refractivity contribution >= 4 is 15.9 Å². The lowest BCUT2D eigenvalue weighted by Gasteiger charge is -2.14.